The molecule has 1 N–H and O–H groups in total. The number of carbonyl (C=O) groups is 1. The lowest BCUT2D eigenvalue weighted by Gasteiger charge is -2.33. The third-order valence-electron chi connectivity index (χ3n) is 5.93. The van der Waals surface area contributed by atoms with E-state index in [-0.39, 0.29) is 17.9 Å². The second-order valence-electron chi connectivity index (χ2n) is 7.83. The predicted octanol–water partition coefficient (Wildman–Crippen LogP) is 2.87. The predicted molar refractivity (Wildman–Crippen MR) is 101 cm³/mol. The van der Waals surface area contributed by atoms with Crippen molar-refractivity contribution in [2.75, 3.05) is 6.61 Å². The van der Waals surface area contributed by atoms with Crippen LogP contribution in [0.4, 0.5) is 0 Å². The number of carbonyl (C=O) groups excluding carboxylic acids is 1. The molecule has 27 heavy (non-hydrogen) atoms. The molecule has 3 aliphatic rings. The molecule has 1 aliphatic heterocycles. The number of piperidine rings is 1. The Morgan fingerprint density at radius 1 is 1.19 bits per heavy atom. The lowest BCUT2D eigenvalue weighted by molar-refractivity contribution is -0.123. The number of ether oxygens (including phenoxy) is 1. The molecule has 4 rings (SSSR count). The Balaban J connectivity index is 1.21. The van der Waals surface area contributed by atoms with Gasteiger partial charge >= 0.3 is 0 Å². The number of hydrogen-bond donors (Lipinski definition) is 1. The van der Waals surface area contributed by atoms with Crippen LogP contribution in [0.1, 0.15) is 69.7 Å². The van der Waals surface area contributed by atoms with E-state index >= 15 is 0 Å². The molecule has 1 aromatic rings. The van der Waals surface area contributed by atoms with Gasteiger partial charge in [-0.2, -0.15) is 0 Å². The van der Waals surface area contributed by atoms with E-state index in [1.165, 1.54) is 32.1 Å². The van der Waals surface area contributed by atoms with Gasteiger partial charge < -0.3 is 10.1 Å². The van der Waals surface area contributed by atoms with E-state index in [4.69, 9.17) is 4.74 Å². The molecular weight excluding hydrogens is 342 g/mol. The molecule has 1 amide bonds. The van der Waals surface area contributed by atoms with Crippen LogP contribution in [0.25, 0.3) is 0 Å². The fraction of sp³-hybridized carbons (Fsp3) is 0.700. The maximum Gasteiger partial charge on any atom is 0.220 e. The number of hydrogen-bond acceptors (Lipinski definition) is 5. The summed E-state index contributed by atoms with van der Waals surface area (Å²) in [5.74, 6) is 2.44. The minimum atomic E-state index is 0.0892. The number of tetrazole rings is 1. The van der Waals surface area contributed by atoms with Crippen LogP contribution in [0.3, 0.4) is 0 Å². The van der Waals surface area contributed by atoms with E-state index in [9.17, 15) is 4.79 Å². The Hall–Kier alpha value is -2.18. The quantitative estimate of drug-likeness (QED) is 0.745. The number of fused-ring (bicyclic) bond motifs is 1. The lowest BCUT2D eigenvalue weighted by Crippen LogP contribution is -2.45. The first-order valence-electron chi connectivity index (χ1n) is 10.4. The number of amides is 1. The molecule has 146 valence electrons. The van der Waals surface area contributed by atoms with Gasteiger partial charge in [-0.1, -0.05) is 31.4 Å². The lowest BCUT2D eigenvalue weighted by atomic mass is 9.86. The van der Waals surface area contributed by atoms with Gasteiger partial charge in [0.1, 0.15) is 5.76 Å². The fourth-order valence-corrected chi connectivity index (χ4v) is 4.44. The molecule has 0 spiro atoms. The number of unbranched alkanes of at least 4 members (excludes halogenated alkanes) is 1. The molecule has 1 saturated heterocycles. The van der Waals surface area contributed by atoms with Crippen molar-refractivity contribution < 1.29 is 9.53 Å². The Bertz CT molecular complexity index is 705. The van der Waals surface area contributed by atoms with Crippen molar-refractivity contribution in [3.05, 3.63) is 29.8 Å². The highest BCUT2D eigenvalue weighted by molar-refractivity contribution is 5.77. The van der Waals surface area contributed by atoms with Crippen molar-refractivity contribution in [3.8, 4) is 0 Å². The molecular formula is C20H29N5O2. The van der Waals surface area contributed by atoms with Crippen molar-refractivity contribution >= 4 is 5.91 Å². The highest BCUT2D eigenvalue weighted by Crippen LogP contribution is 2.30. The van der Waals surface area contributed by atoms with Crippen LogP contribution in [-0.2, 0) is 16.0 Å². The third kappa shape index (κ3) is 4.39. The Labute approximate surface area is 160 Å². The van der Waals surface area contributed by atoms with Gasteiger partial charge in [-0.25, -0.2) is 4.68 Å². The summed E-state index contributed by atoms with van der Waals surface area (Å²) in [4.78, 5) is 11.6. The average molecular weight is 371 g/mol. The average Bonchev–Trinajstić information content (AvgIpc) is 3.17. The van der Waals surface area contributed by atoms with E-state index in [0.717, 1.165) is 37.3 Å². The zero-order chi connectivity index (χ0) is 18.5. The topological polar surface area (TPSA) is 81.9 Å². The second kappa shape index (κ2) is 8.67. The maximum absolute atomic E-state index is 11.6. The van der Waals surface area contributed by atoms with Crippen LogP contribution >= 0.6 is 0 Å². The number of aromatic nitrogens is 4. The molecule has 2 unspecified atom stereocenters. The number of nitrogens with one attached hydrogen (secondary N) is 1. The standard InChI is InChI=1S/C20H29N5O2/c26-20-13-12-16-17(21-20)9-6-10-18(16)27-14-5-4-11-19-22-23-24-25(19)15-7-2-1-3-8-15/h6,9-10,15-17H,1-5,7-8,11-14H2,(H,21,26). The van der Waals surface area contributed by atoms with Crippen LogP contribution in [0, 0.1) is 5.92 Å². The van der Waals surface area contributed by atoms with Gasteiger partial charge in [0.25, 0.3) is 0 Å². The number of rotatable bonds is 7. The van der Waals surface area contributed by atoms with Gasteiger partial charge in [0.2, 0.25) is 5.91 Å². The molecule has 0 aromatic carbocycles. The van der Waals surface area contributed by atoms with Gasteiger partial charge in [-0.05, 0) is 48.6 Å². The summed E-state index contributed by atoms with van der Waals surface area (Å²) < 4.78 is 8.11. The second-order valence-corrected chi connectivity index (χ2v) is 7.83. The Morgan fingerprint density at radius 2 is 2.07 bits per heavy atom. The molecule has 1 saturated carbocycles. The zero-order valence-electron chi connectivity index (χ0n) is 15.8. The third-order valence-corrected chi connectivity index (χ3v) is 5.93. The first-order valence-corrected chi connectivity index (χ1v) is 10.4. The summed E-state index contributed by atoms with van der Waals surface area (Å²) in [6.07, 6.45) is 16.7. The first-order chi connectivity index (χ1) is 13.3. The van der Waals surface area contributed by atoms with Crippen LogP contribution in [-0.4, -0.2) is 38.8 Å². The van der Waals surface area contributed by atoms with E-state index in [2.05, 4.69) is 31.6 Å². The minimum Gasteiger partial charge on any atom is -0.498 e. The molecule has 7 heteroatoms. The van der Waals surface area contributed by atoms with Crippen LogP contribution in [0.2, 0.25) is 0 Å². The Kier molecular flexibility index (Phi) is 5.84. The summed E-state index contributed by atoms with van der Waals surface area (Å²) in [6, 6.07) is 0.573. The molecule has 2 aliphatic carbocycles. The van der Waals surface area contributed by atoms with Gasteiger partial charge in [0.05, 0.1) is 18.7 Å². The van der Waals surface area contributed by atoms with Gasteiger partial charge in [-0.15, -0.1) is 5.10 Å². The van der Waals surface area contributed by atoms with Crippen molar-refractivity contribution in [2.24, 2.45) is 5.92 Å². The summed E-state index contributed by atoms with van der Waals surface area (Å²) in [7, 11) is 0. The number of aryl methyl sites for hydroxylation is 1. The van der Waals surface area contributed by atoms with Gasteiger partial charge in [0, 0.05) is 18.8 Å². The van der Waals surface area contributed by atoms with Crippen molar-refractivity contribution in [1.82, 2.24) is 25.5 Å². The SMILES string of the molecule is O=C1CCC2C(OCCCCc3nnnn3C3CCCCC3)=CC=CC2N1. The normalized spacial score (nSPS) is 25.6. The summed E-state index contributed by atoms with van der Waals surface area (Å²) in [6.45, 7) is 0.696. The first kappa shape index (κ1) is 18.2. The molecule has 1 aromatic heterocycles. The van der Waals surface area contributed by atoms with Crippen molar-refractivity contribution in [3.63, 3.8) is 0 Å². The highest BCUT2D eigenvalue weighted by Gasteiger charge is 2.32. The summed E-state index contributed by atoms with van der Waals surface area (Å²) >= 11 is 0. The highest BCUT2D eigenvalue weighted by atomic mass is 16.5. The van der Waals surface area contributed by atoms with Crippen molar-refractivity contribution in [2.45, 2.75) is 76.3 Å². The van der Waals surface area contributed by atoms with E-state index in [1.54, 1.807) is 0 Å². The van der Waals surface area contributed by atoms with E-state index < -0.39 is 0 Å². The van der Waals surface area contributed by atoms with Gasteiger partial charge in [-0.3, -0.25) is 4.79 Å². The molecule has 0 bridgehead atoms. The molecule has 0 radical (unpaired) electrons. The molecule has 2 atom stereocenters. The number of allylic oxidation sites excluding steroid dienone is 2. The minimum absolute atomic E-state index is 0.0892. The van der Waals surface area contributed by atoms with E-state index in [0.29, 0.717) is 19.1 Å². The summed E-state index contributed by atoms with van der Waals surface area (Å²) in [5.41, 5.74) is 0. The monoisotopic (exact) mass is 371 g/mol. The largest absolute Gasteiger partial charge is 0.498 e. The molecule has 2 heterocycles. The van der Waals surface area contributed by atoms with Crippen molar-refractivity contribution in [1.29, 1.82) is 0 Å². The Morgan fingerprint density at radius 3 is 2.96 bits per heavy atom. The number of nitrogens with zero attached hydrogens (tertiary/aromatic N) is 4. The zero-order valence-corrected chi connectivity index (χ0v) is 15.8. The fourth-order valence-electron chi connectivity index (χ4n) is 4.44. The van der Waals surface area contributed by atoms with Gasteiger partial charge in [0.15, 0.2) is 5.82 Å². The maximum atomic E-state index is 11.6. The summed E-state index contributed by atoms with van der Waals surface area (Å²) in [5, 5.41) is 15.4. The van der Waals surface area contributed by atoms with E-state index in [1.807, 2.05) is 12.2 Å². The van der Waals surface area contributed by atoms with Crippen LogP contribution < -0.4 is 5.32 Å². The molecule has 2 fully saturated rings. The molecule has 7 nitrogen and oxygen atoms in total. The van der Waals surface area contributed by atoms with Crippen LogP contribution in [0.5, 0.6) is 0 Å². The van der Waals surface area contributed by atoms with Crippen LogP contribution in [0.15, 0.2) is 24.0 Å². The smallest absolute Gasteiger partial charge is 0.220 e.